The van der Waals surface area contributed by atoms with E-state index in [9.17, 15) is 44.3 Å². The summed E-state index contributed by atoms with van der Waals surface area (Å²) in [7, 11) is 0. The van der Waals surface area contributed by atoms with E-state index in [1.54, 1.807) is 11.4 Å². The Labute approximate surface area is 219 Å². The second-order valence-electron chi connectivity index (χ2n) is 9.46. The van der Waals surface area contributed by atoms with Gasteiger partial charge in [0.05, 0.1) is 28.8 Å². The van der Waals surface area contributed by atoms with Crippen molar-refractivity contribution in [2.45, 2.75) is 56.5 Å². The third-order valence-corrected chi connectivity index (χ3v) is 7.80. The molecule has 0 N–H and O–H groups in total. The van der Waals surface area contributed by atoms with Gasteiger partial charge in [0.2, 0.25) is 0 Å². The molecule has 2 aromatic carbocycles. The number of halogens is 9. The zero-order valence-corrected chi connectivity index (χ0v) is 20.7. The number of benzene rings is 2. The number of hydrogen-bond donors (Lipinski definition) is 0. The minimum absolute atomic E-state index is 0.0206. The highest BCUT2D eigenvalue weighted by Gasteiger charge is 2.52. The first-order valence-corrected chi connectivity index (χ1v) is 12.5. The van der Waals surface area contributed by atoms with Crippen molar-refractivity contribution in [3.05, 3.63) is 80.5 Å². The molecule has 1 aromatic heterocycles. The van der Waals surface area contributed by atoms with Gasteiger partial charge in [0.1, 0.15) is 6.10 Å². The van der Waals surface area contributed by atoms with Crippen LogP contribution >= 0.6 is 11.3 Å². The van der Waals surface area contributed by atoms with Crippen molar-refractivity contribution in [2.75, 3.05) is 0 Å². The van der Waals surface area contributed by atoms with Crippen LogP contribution in [0.5, 0.6) is 0 Å². The van der Waals surface area contributed by atoms with Gasteiger partial charge in [-0.25, -0.2) is 4.79 Å². The second-order valence-corrected chi connectivity index (χ2v) is 10.6. The smallest absolute Gasteiger partial charge is 0.416 e. The standard InChI is InChI=1S/C26H18F9NO2S/c1-12-6-14(11-39-12)18-3-2-15(24(27,28)29)10-19(18)20-4-5-21-22(38-23(37)36(20)21)13-7-16(25(30,31)32)9-17(8-13)26(33,34)35/h2-3,6-11,20-22H,4-5H2,1H3/t20-,21-,22+/m0/s1. The number of nitrogens with zero attached hydrogens (tertiary/aromatic N) is 1. The number of aryl methyl sites for hydroxylation is 1. The molecule has 39 heavy (non-hydrogen) atoms. The lowest BCUT2D eigenvalue weighted by Gasteiger charge is -2.25. The van der Waals surface area contributed by atoms with Gasteiger partial charge >= 0.3 is 24.6 Å². The first-order chi connectivity index (χ1) is 18.0. The predicted molar refractivity (Wildman–Crippen MR) is 123 cm³/mol. The number of cyclic esters (lactones) is 1. The van der Waals surface area contributed by atoms with Crippen LogP contribution in [-0.4, -0.2) is 17.0 Å². The summed E-state index contributed by atoms with van der Waals surface area (Å²) in [5.74, 6) is 0. The Morgan fingerprint density at radius 1 is 0.821 bits per heavy atom. The molecule has 0 bridgehead atoms. The lowest BCUT2D eigenvalue weighted by atomic mass is 9.92. The fourth-order valence-corrected chi connectivity index (χ4v) is 5.95. The molecular formula is C26H18F9NO2S. The molecule has 0 saturated carbocycles. The average Bonchev–Trinajstić information content (AvgIpc) is 3.53. The lowest BCUT2D eigenvalue weighted by molar-refractivity contribution is -0.143. The van der Waals surface area contributed by atoms with Gasteiger partial charge < -0.3 is 4.74 Å². The van der Waals surface area contributed by atoms with E-state index in [2.05, 4.69) is 0 Å². The van der Waals surface area contributed by atoms with Crippen molar-refractivity contribution in [3.8, 4) is 11.1 Å². The van der Waals surface area contributed by atoms with Crippen molar-refractivity contribution in [2.24, 2.45) is 0 Å². The molecule has 208 valence electrons. The fraction of sp³-hybridized carbons (Fsp3) is 0.346. The number of carbonyl (C=O) groups excluding carboxylic acids is 1. The molecule has 3 heterocycles. The molecule has 2 aliphatic rings. The summed E-state index contributed by atoms with van der Waals surface area (Å²) in [4.78, 5) is 15.0. The molecular weight excluding hydrogens is 561 g/mol. The zero-order chi connectivity index (χ0) is 28.5. The van der Waals surface area contributed by atoms with Crippen molar-refractivity contribution in [1.82, 2.24) is 4.90 Å². The summed E-state index contributed by atoms with van der Waals surface area (Å²) in [6, 6.07) is 4.02. The molecule has 2 fully saturated rings. The molecule has 13 heteroatoms. The Balaban J connectivity index is 1.57. The summed E-state index contributed by atoms with van der Waals surface area (Å²) < 4.78 is 127. The van der Waals surface area contributed by atoms with E-state index in [0.717, 1.165) is 21.9 Å². The van der Waals surface area contributed by atoms with Crippen LogP contribution in [0.3, 0.4) is 0 Å². The Morgan fingerprint density at radius 2 is 1.44 bits per heavy atom. The van der Waals surface area contributed by atoms with E-state index in [1.165, 1.54) is 17.4 Å². The summed E-state index contributed by atoms with van der Waals surface area (Å²) in [5, 5.41) is 1.75. The molecule has 0 spiro atoms. The monoisotopic (exact) mass is 579 g/mol. The van der Waals surface area contributed by atoms with E-state index >= 15 is 0 Å². The quantitative estimate of drug-likeness (QED) is 0.290. The minimum atomic E-state index is -5.10. The largest absolute Gasteiger partial charge is 0.439 e. The van der Waals surface area contributed by atoms with Gasteiger partial charge in [0, 0.05) is 4.88 Å². The first-order valence-electron chi connectivity index (χ1n) is 11.6. The van der Waals surface area contributed by atoms with E-state index < -0.39 is 65.1 Å². The maximum absolute atomic E-state index is 13.6. The Hall–Kier alpha value is -3.22. The van der Waals surface area contributed by atoms with Gasteiger partial charge in [-0.2, -0.15) is 39.5 Å². The van der Waals surface area contributed by atoms with Gasteiger partial charge in [0.15, 0.2) is 0 Å². The number of fused-ring (bicyclic) bond motifs is 1. The number of rotatable bonds is 3. The zero-order valence-electron chi connectivity index (χ0n) is 19.8. The number of carbonyl (C=O) groups is 1. The van der Waals surface area contributed by atoms with E-state index in [0.29, 0.717) is 23.3 Å². The van der Waals surface area contributed by atoms with Crippen LogP contribution in [0.25, 0.3) is 11.1 Å². The SMILES string of the molecule is Cc1cc(-c2ccc(C(F)(F)F)cc2[C@@H]2CC[C@H]3[C@@H](c4cc(C(F)(F)F)cc(C(F)(F)F)c4)OC(=O)N23)cs1. The van der Waals surface area contributed by atoms with Crippen LogP contribution in [-0.2, 0) is 23.3 Å². The highest BCUT2D eigenvalue weighted by Crippen LogP contribution is 2.51. The van der Waals surface area contributed by atoms with Crippen LogP contribution in [0.1, 0.15) is 57.7 Å². The van der Waals surface area contributed by atoms with Gasteiger partial charge in [-0.1, -0.05) is 6.07 Å². The topological polar surface area (TPSA) is 29.5 Å². The maximum atomic E-state index is 13.6. The number of hydrogen-bond acceptors (Lipinski definition) is 3. The molecule has 3 aromatic rings. The Kier molecular flexibility index (Phi) is 6.43. The van der Waals surface area contributed by atoms with E-state index in [4.69, 9.17) is 4.74 Å². The Bertz CT molecular complexity index is 1390. The summed E-state index contributed by atoms with van der Waals surface area (Å²) in [5.41, 5.74) is -3.31. The van der Waals surface area contributed by atoms with Crippen LogP contribution < -0.4 is 0 Å². The molecule has 0 unspecified atom stereocenters. The van der Waals surface area contributed by atoms with Crippen molar-refractivity contribution in [3.63, 3.8) is 0 Å². The molecule has 1 amide bonds. The third kappa shape index (κ3) is 5.08. The van der Waals surface area contributed by atoms with Gasteiger partial charge in [-0.3, -0.25) is 4.90 Å². The summed E-state index contributed by atoms with van der Waals surface area (Å²) >= 11 is 1.37. The van der Waals surface area contributed by atoms with Crippen LogP contribution in [0, 0.1) is 6.92 Å². The summed E-state index contributed by atoms with van der Waals surface area (Å²) in [6.07, 6.45) is -17.1. The third-order valence-electron chi connectivity index (χ3n) is 6.93. The molecule has 3 nitrogen and oxygen atoms in total. The normalized spacial score (nSPS) is 21.8. The minimum Gasteiger partial charge on any atom is -0.439 e. The van der Waals surface area contributed by atoms with Gasteiger partial charge in [-0.15, -0.1) is 11.3 Å². The highest BCUT2D eigenvalue weighted by molar-refractivity contribution is 7.10. The number of ether oxygens (including phenoxy) is 1. The highest BCUT2D eigenvalue weighted by atomic mass is 32.1. The lowest BCUT2D eigenvalue weighted by Crippen LogP contribution is -2.31. The number of alkyl halides is 9. The molecule has 0 aliphatic carbocycles. The predicted octanol–water partition coefficient (Wildman–Crippen LogP) is 9.18. The second kappa shape index (κ2) is 9.17. The van der Waals surface area contributed by atoms with E-state index in [-0.39, 0.29) is 24.5 Å². The molecule has 5 rings (SSSR count). The summed E-state index contributed by atoms with van der Waals surface area (Å²) in [6.45, 7) is 1.82. The number of amides is 1. The van der Waals surface area contributed by atoms with Crippen molar-refractivity contribution >= 4 is 17.4 Å². The maximum Gasteiger partial charge on any atom is 0.416 e. The Morgan fingerprint density at radius 3 is 1.97 bits per heavy atom. The van der Waals surface area contributed by atoms with Gasteiger partial charge in [0.25, 0.3) is 0 Å². The fourth-order valence-electron chi connectivity index (χ4n) is 5.25. The van der Waals surface area contributed by atoms with Crippen molar-refractivity contribution in [1.29, 1.82) is 0 Å². The van der Waals surface area contributed by atoms with Crippen molar-refractivity contribution < 1.29 is 49.0 Å². The number of thiophene rings is 1. The van der Waals surface area contributed by atoms with Gasteiger partial charge in [-0.05, 0) is 83.8 Å². The molecule has 0 radical (unpaired) electrons. The van der Waals surface area contributed by atoms with E-state index in [1.807, 2.05) is 6.92 Å². The molecule has 2 aliphatic heterocycles. The molecule has 3 atom stereocenters. The van der Waals surface area contributed by atoms with Crippen LogP contribution in [0.15, 0.2) is 47.8 Å². The first kappa shape index (κ1) is 27.4. The van der Waals surface area contributed by atoms with Crippen LogP contribution in [0.2, 0.25) is 0 Å². The molecule has 2 saturated heterocycles. The average molecular weight is 579 g/mol. The van der Waals surface area contributed by atoms with Crippen LogP contribution in [0.4, 0.5) is 44.3 Å².